The zero-order chi connectivity index (χ0) is 13.2. The molecule has 2 saturated heterocycles. The summed E-state index contributed by atoms with van der Waals surface area (Å²) in [6.45, 7) is 4.28. The summed E-state index contributed by atoms with van der Waals surface area (Å²) in [5.41, 5.74) is 0. The Morgan fingerprint density at radius 1 is 1.00 bits per heavy atom. The molecule has 0 unspecified atom stereocenters. The third-order valence-corrected chi connectivity index (χ3v) is 3.87. The standard InChI is InChI=1S/C13H22N6/c1-17(14)11-10-12(18-6-2-3-7-18)16-13(15-11)19-8-4-5-9-19/h10H,2-9,14H2,1H3. The second kappa shape index (κ2) is 5.21. The highest BCUT2D eigenvalue weighted by Gasteiger charge is 2.20. The van der Waals surface area contributed by atoms with Gasteiger partial charge < -0.3 is 9.80 Å². The maximum Gasteiger partial charge on any atom is 0.229 e. The summed E-state index contributed by atoms with van der Waals surface area (Å²) in [7, 11) is 1.82. The average Bonchev–Trinajstić information content (AvgIpc) is 3.11. The fourth-order valence-electron chi connectivity index (χ4n) is 2.76. The Morgan fingerprint density at radius 3 is 2.16 bits per heavy atom. The first-order valence-electron chi connectivity index (χ1n) is 7.11. The van der Waals surface area contributed by atoms with Gasteiger partial charge in [0.15, 0.2) is 0 Å². The van der Waals surface area contributed by atoms with Crippen LogP contribution < -0.4 is 20.7 Å². The van der Waals surface area contributed by atoms with E-state index in [9.17, 15) is 0 Å². The van der Waals surface area contributed by atoms with Gasteiger partial charge in [0, 0.05) is 39.3 Å². The van der Waals surface area contributed by atoms with Crippen LogP contribution in [0.5, 0.6) is 0 Å². The second-order valence-electron chi connectivity index (χ2n) is 5.38. The highest BCUT2D eigenvalue weighted by molar-refractivity contribution is 5.55. The van der Waals surface area contributed by atoms with Crippen molar-refractivity contribution in [1.29, 1.82) is 0 Å². The zero-order valence-electron chi connectivity index (χ0n) is 11.5. The summed E-state index contributed by atoms with van der Waals surface area (Å²) >= 11 is 0. The predicted molar refractivity (Wildman–Crippen MR) is 77.5 cm³/mol. The summed E-state index contributed by atoms with van der Waals surface area (Å²) in [5.74, 6) is 8.49. The molecule has 104 valence electrons. The molecule has 1 aromatic rings. The maximum atomic E-state index is 5.85. The van der Waals surface area contributed by atoms with Crippen LogP contribution in [0.2, 0.25) is 0 Å². The van der Waals surface area contributed by atoms with Crippen LogP contribution in [0.1, 0.15) is 25.7 Å². The van der Waals surface area contributed by atoms with Gasteiger partial charge in [-0.05, 0) is 25.7 Å². The molecule has 0 aromatic carbocycles. The van der Waals surface area contributed by atoms with Gasteiger partial charge in [0.2, 0.25) is 5.95 Å². The number of rotatable bonds is 3. The summed E-state index contributed by atoms with van der Waals surface area (Å²) in [6.07, 6.45) is 4.95. The molecule has 0 bridgehead atoms. The third-order valence-electron chi connectivity index (χ3n) is 3.87. The highest BCUT2D eigenvalue weighted by atomic mass is 15.4. The van der Waals surface area contributed by atoms with E-state index in [1.54, 1.807) is 5.01 Å². The molecule has 3 heterocycles. The smallest absolute Gasteiger partial charge is 0.229 e. The van der Waals surface area contributed by atoms with Crippen LogP contribution in [-0.4, -0.2) is 43.2 Å². The first-order chi connectivity index (χ1) is 9.24. The monoisotopic (exact) mass is 262 g/mol. The summed E-state index contributed by atoms with van der Waals surface area (Å²) in [4.78, 5) is 13.9. The van der Waals surface area contributed by atoms with Gasteiger partial charge in [-0.2, -0.15) is 9.97 Å². The average molecular weight is 262 g/mol. The number of hydrogen-bond acceptors (Lipinski definition) is 6. The van der Waals surface area contributed by atoms with Gasteiger partial charge in [-0.3, -0.25) is 5.01 Å². The Labute approximate surface area is 114 Å². The van der Waals surface area contributed by atoms with Gasteiger partial charge in [-0.1, -0.05) is 0 Å². The van der Waals surface area contributed by atoms with E-state index in [0.717, 1.165) is 43.8 Å². The van der Waals surface area contributed by atoms with Gasteiger partial charge >= 0.3 is 0 Å². The second-order valence-corrected chi connectivity index (χ2v) is 5.38. The lowest BCUT2D eigenvalue weighted by Gasteiger charge is -2.23. The van der Waals surface area contributed by atoms with E-state index >= 15 is 0 Å². The molecule has 6 heteroatoms. The summed E-state index contributed by atoms with van der Waals surface area (Å²) < 4.78 is 0. The van der Waals surface area contributed by atoms with Gasteiger partial charge in [0.1, 0.15) is 11.6 Å². The van der Waals surface area contributed by atoms with Gasteiger partial charge in [0.25, 0.3) is 0 Å². The van der Waals surface area contributed by atoms with Crippen molar-refractivity contribution in [3.8, 4) is 0 Å². The minimum absolute atomic E-state index is 0.791. The number of hydrogen-bond donors (Lipinski definition) is 1. The first kappa shape index (κ1) is 12.5. The van der Waals surface area contributed by atoms with Crippen molar-refractivity contribution in [3.63, 3.8) is 0 Å². The SMILES string of the molecule is CN(N)c1cc(N2CCCC2)nc(N2CCCC2)n1. The number of nitrogens with zero attached hydrogens (tertiary/aromatic N) is 5. The normalized spacial score (nSPS) is 19.3. The summed E-state index contributed by atoms with van der Waals surface area (Å²) in [6, 6.07) is 1.99. The number of nitrogens with two attached hydrogens (primary N) is 1. The molecule has 0 amide bonds. The fourth-order valence-corrected chi connectivity index (χ4v) is 2.76. The van der Waals surface area contributed by atoms with Crippen molar-refractivity contribution < 1.29 is 0 Å². The van der Waals surface area contributed by atoms with Gasteiger partial charge in [-0.15, -0.1) is 0 Å². The lowest BCUT2D eigenvalue weighted by Crippen LogP contribution is -2.29. The first-order valence-corrected chi connectivity index (χ1v) is 7.11. The van der Waals surface area contributed by atoms with E-state index in [0.29, 0.717) is 0 Å². The molecule has 0 atom stereocenters. The Hall–Kier alpha value is -1.56. The van der Waals surface area contributed by atoms with E-state index < -0.39 is 0 Å². The van der Waals surface area contributed by atoms with Crippen LogP contribution in [0.25, 0.3) is 0 Å². The van der Waals surface area contributed by atoms with E-state index in [-0.39, 0.29) is 0 Å². The minimum atomic E-state index is 0.791. The molecule has 1 aromatic heterocycles. The van der Waals surface area contributed by atoms with Crippen LogP contribution in [-0.2, 0) is 0 Å². The van der Waals surface area contributed by atoms with Crippen molar-refractivity contribution >= 4 is 17.6 Å². The number of anilines is 3. The van der Waals surface area contributed by atoms with Crippen molar-refractivity contribution in [2.45, 2.75) is 25.7 Å². The quantitative estimate of drug-likeness (QED) is 0.647. The van der Waals surface area contributed by atoms with Crippen LogP contribution >= 0.6 is 0 Å². The molecule has 2 N–H and O–H groups in total. The molecule has 2 aliphatic heterocycles. The van der Waals surface area contributed by atoms with E-state index in [2.05, 4.69) is 14.8 Å². The van der Waals surface area contributed by atoms with Gasteiger partial charge in [-0.25, -0.2) is 5.84 Å². The summed E-state index contributed by atoms with van der Waals surface area (Å²) in [5, 5.41) is 1.57. The number of hydrazine groups is 1. The van der Waals surface area contributed by atoms with Crippen LogP contribution in [0.4, 0.5) is 17.6 Å². The Balaban J connectivity index is 1.93. The molecule has 2 fully saturated rings. The topological polar surface area (TPSA) is 61.5 Å². The molecule has 2 aliphatic rings. The Morgan fingerprint density at radius 2 is 1.58 bits per heavy atom. The molecule has 19 heavy (non-hydrogen) atoms. The lowest BCUT2D eigenvalue weighted by molar-refractivity contribution is 0.856. The Bertz CT molecular complexity index is 401. The van der Waals surface area contributed by atoms with E-state index in [4.69, 9.17) is 10.8 Å². The molecule has 0 radical (unpaired) electrons. The van der Waals surface area contributed by atoms with Crippen LogP contribution in [0.15, 0.2) is 6.07 Å². The molecular formula is C13H22N6. The highest BCUT2D eigenvalue weighted by Crippen LogP contribution is 2.25. The molecule has 3 rings (SSSR count). The van der Waals surface area contributed by atoms with Crippen molar-refractivity contribution in [3.05, 3.63) is 6.07 Å². The largest absolute Gasteiger partial charge is 0.356 e. The van der Waals surface area contributed by atoms with Crippen LogP contribution in [0, 0.1) is 0 Å². The van der Waals surface area contributed by atoms with E-state index in [1.807, 2.05) is 13.1 Å². The van der Waals surface area contributed by atoms with Gasteiger partial charge in [0.05, 0.1) is 0 Å². The molecule has 6 nitrogen and oxygen atoms in total. The zero-order valence-corrected chi connectivity index (χ0v) is 11.5. The van der Waals surface area contributed by atoms with Crippen molar-refractivity contribution in [1.82, 2.24) is 9.97 Å². The molecular weight excluding hydrogens is 240 g/mol. The Kier molecular flexibility index (Phi) is 3.42. The van der Waals surface area contributed by atoms with Crippen LogP contribution in [0.3, 0.4) is 0 Å². The maximum absolute atomic E-state index is 5.85. The lowest BCUT2D eigenvalue weighted by atomic mass is 10.4. The molecule has 0 aliphatic carbocycles. The van der Waals surface area contributed by atoms with Crippen molar-refractivity contribution in [2.24, 2.45) is 5.84 Å². The van der Waals surface area contributed by atoms with Crippen molar-refractivity contribution in [2.75, 3.05) is 48.0 Å². The fraction of sp³-hybridized carbons (Fsp3) is 0.692. The molecule has 0 spiro atoms. The molecule has 0 saturated carbocycles. The third kappa shape index (κ3) is 2.58. The predicted octanol–water partition coefficient (Wildman–Crippen LogP) is 0.987. The number of aromatic nitrogens is 2. The minimum Gasteiger partial charge on any atom is -0.356 e. The van der Waals surface area contributed by atoms with E-state index in [1.165, 1.54) is 25.7 Å².